The molecule has 0 saturated carbocycles. The van der Waals surface area contributed by atoms with Crippen molar-refractivity contribution < 1.29 is 13.2 Å². The highest BCUT2D eigenvalue weighted by molar-refractivity contribution is 7.92. The molecule has 0 spiro atoms. The molecule has 5 nitrogen and oxygen atoms in total. The normalized spacial score (nSPS) is 16.0. The lowest BCUT2D eigenvalue weighted by Crippen LogP contribution is -2.45. The molecular formula is C18H22N2O3S2. The molecule has 134 valence electrons. The lowest BCUT2D eigenvalue weighted by molar-refractivity contribution is 0.0713. The van der Waals surface area contributed by atoms with Crippen molar-refractivity contribution >= 4 is 32.8 Å². The summed E-state index contributed by atoms with van der Waals surface area (Å²) in [6, 6.07) is 12.1. The molecular weight excluding hydrogens is 356 g/mol. The molecule has 7 heteroatoms. The van der Waals surface area contributed by atoms with E-state index in [9.17, 15) is 13.2 Å². The van der Waals surface area contributed by atoms with Crippen LogP contribution in [0, 0.1) is 0 Å². The fourth-order valence-electron chi connectivity index (χ4n) is 3.14. The third-order valence-electron chi connectivity index (χ3n) is 4.65. The second-order valence-electron chi connectivity index (χ2n) is 6.40. The smallest absolute Gasteiger partial charge is 0.254 e. The maximum Gasteiger partial charge on any atom is 0.254 e. The van der Waals surface area contributed by atoms with Crippen LogP contribution in [0.5, 0.6) is 0 Å². The number of carbonyl (C=O) groups is 1. The first-order chi connectivity index (χ1) is 11.9. The molecule has 1 amide bonds. The van der Waals surface area contributed by atoms with Crippen molar-refractivity contribution in [3.8, 4) is 0 Å². The number of carbonyl (C=O) groups excluding carboxylic acids is 1. The molecule has 1 aromatic heterocycles. The van der Waals surface area contributed by atoms with Crippen molar-refractivity contribution in [3.63, 3.8) is 0 Å². The van der Waals surface area contributed by atoms with Crippen molar-refractivity contribution in [3.05, 3.63) is 47.3 Å². The third kappa shape index (κ3) is 4.04. The first kappa shape index (κ1) is 17.9. The van der Waals surface area contributed by atoms with Crippen molar-refractivity contribution in [2.75, 3.05) is 31.3 Å². The van der Waals surface area contributed by atoms with Crippen LogP contribution in [0.1, 0.15) is 23.2 Å². The first-order valence-electron chi connectivity index (χ1n) is 8.22. The number of hydrogen-bond acceptors (Lipinski definition) is 5. The highest BCUT2D eigenvalue weighted by Crippen LogP contribution is 2.25. The van der Waals surface area contributed by atoms with Crippen molar-refractivity contribution in [2.24, 2.45) is 0 Å². The van der Waals surface area contributed by atoms with Gasteiger partial charge in [0.1, 0.15) is 4.21 Å². The van der Waals surface area contributed by atoms with Gasteiger partial charge in [-0.2, -0.15) is 0 Å². The van der Waals surface area contributed by atoms with Gasteiger partial charge in [0.25, 0.3) is 5.91 Å². The van der Waals surface area contributed by atoms with Gasteiger partial charge in [0, 0.05) is 43.5 Å². The van der Waals surface area contributed by atoms with Crippen molar-refractivity contribution in [2.45, 2.75) is 23.1 Å². The van der Waals surface area contributed by atoms with Crippen LogP contribution in [-0.2, 0) is 9.84 Å². The second kappa shape index (κ2) is 7.17. The number of rotatable bonds is 4. The van der Waals surface area contributed by atoms with Gasteiger partial charge in [-0.25, -0.2) is 8.42 Å². The Hall–Kier alpha value is -1.86. The third-order valence-corrected chi connectivity index (χ3v) is 7.42. The number of para-hydroxylation sites is 1. The Balaban J connectivity index is 1.62. The number of likely N-dealkylation sites (tertiary alicyclic amines) is 1. The van der Waals surface area contributed by atoms with Gasteiger partial charge in [0.15, 0.2) is 9.84 Å². The van der Waals surface area contributed by atoms with Gasteiger partial charge < -0.3 is 9.80 Å². The van der Waals surface area contributed by atoms with Gasteiger partial charge in [-0.3, -0.25) is 4.79 Å². The highest BCUT2D eigenvalue weighted by Gasteiger charge is 2.27. The molecule has 0 bridgehead atoms. The van der Waals surface area contributed by atoms with Crippen molar-refractivity contribution in [1.29, 1.82) is 0 Å². The number of hydrogen-bond donors (Lipinski definition) is 0. The molecule has 0 N–H and O–H groups in total. The molecule has 2 aromatic rings. The van der Waals surface area contributed by atoms with Gasteiger partial charge >= 0.3 is 0 Å². The zero-order valence-electron chi connectivity index (χ0n) is 14.4. The Morgan fingerprint density at radius 2 is 1.84 bits per heavy atom. The molecule has 1 fully saturated rings. The van der Waals surface area contributed by atoms with Crippen LogP contribution in [0.4, 0.5) is 5.69 Å². The van der Waals surface area contributed by atoms with Gasteiger partial charge in [-0.1, -0.05) is 18.2 Å². The number of sulfone groups is 1. The molecule has 1 saturated heterocycles. The highest BCUT2D eigenvalue weighted by atomic mass is 32.2. The van der Waals surface area contributed by atoms with E-state index in [2.05, 4.69) is 24.1 Å². The molecule has 0 unspecified atom stereocenters. The molecule has 25 heavy (non-hydrogen) atoms. The van der Waals surface area contributed by atoms with Gasteiger partial charge in [0.05, 0.1) is 5.56 Å². The summed E-state index contributed by atoms with van der Waals surface area (Å²) in [7, 11) is -1.16. The molecule has 3 rings (SSSR count). The van der Waals surface area contributed by atoms with Crippen LogP contribution in [0.3, 0.4) is 0 Å². The summed E-state index contributed by atoms with van der Waals surface area (Å²) in [5.41, 5.74) is 1.66. The van der Waals surface area contributed by atoms with Crippen LogP contribution >= 0.6 is 11.3 Å². The van der Waals surface area contributed by atoms with Crippen LogP contribution in [0.15, 0.2) is 46.0 Å². The largest absolute Gasteiger partial charge is 0.371 e. The van der Waals surface area contributed by atoms with Crippen LogP contribution in [0.25, 0.3) is 0 Å². The minimum Gasteiger partial charge on any atom is -0.371 e. The van der Waals surface area contributed by atoms with Crippen LogP contribution in [0.2, 0.25) is 0 Å². The molecule has 0 aliphatic carbocycles. The summed E-state index contributed by atoms with van der Waals surface area (Å²) in [6.45, 7) is 1.37. The average Bonchev–Trinajstić information content (AvgIpc) is 3.12. The Morgan fingerprint density at radius 3 is 2.40 bits per heavy atom. The number of piperidine rings is 1. The van der Waals surface area contributed by atoms with Gasteiger partial charge in [0.2, 0.25) is 0 Å². The molecule has 0 atom stereocenters. The molecule has 1 aliphatic rings. The maximum absolute atomic E-state index is 12.6. The summed E-state index contributed by atoms with van der Waals surface area (Å²) in [5.74, 6) is -0.0769. The fraction of sp³-hybridized carbons (Fsp3) is 0.389. The lowest BCUT2D eigenvalue weighted by Gasteiger charge is -2.37. The van der Waals surface area contributed by atoms with E-state index in [0.29, 0.717) is 24.7 Å². The monoisotopic (exact) mass is 378 g/mol. The van der Waals surface area contributed by atoms with E-state index < -0.39 is 9.84 Å². The predicted octanol–water partition coefficient (Wildman–Crippen LogP) is 2.89. The number of thiophene rings is 1. The topological polar surface area (TPSA) is 57.7 Å². The Bertz CT molecular complexity index is 838. The Kier molecular flexibility index (Phi) is 5.15. The Morgan fingerprint density at radius 1 is 1.20 bits per heavy atom. The standard InChI is InChI=1S/C18H22N2O3S2/c1-19(15-6-4-3-5-7-15)16-8-10-20(11-9-16)18(21)14-12-17(24-13-14)25(2,22)23/h3-7,12-13,16H,8-11H2,1-2H3. The zero-order chi connectivity index (χ0) is 18.0. The van der Waals surface area contributed by atoms with E-state index in [-0.39, 0.29) is 10.1 Å². The Labute approximate surface area is 152 Å². The molecule has 0 radical (unpaired) electrons. The van der Waals surface area contributed by atoms with E-state index in [1.54, 1.807) is 5.38 Å². The quantitative estimate of drug-likeness (QED) is 0.821. The van der Waals surface area contributed by atoms with Gasteiger partial charge in [-0.05, 0) is 31.0 Å². The number of anilines is 1. The number of nitrogens with zero attached hydrogens (tertiary/aromatic N) is 2. The summed E-state index contributed by atoms with van der Waals surface area (Å²) >= 11 is 1.11. The summed E-state index contributed by atoms with van der Waals surface area (Å²) in [4.78, 5) is 16.7. The van der Waals surface area contributed by atoms with E-state index in [1.807, 2.05) is 23.1 Å². The van der Waals surface area contributed by atoms with E-state index >= 15 is 0 Å². The summed E-state index contributed by atoms with van der Waals surface area (Å²) in [5, 5.41) is 1.64. The lowest BCUT2D eigenvalue weighted by atomic mass is 10.0. The average molecular weight is 379 g/mol. The molecule has 1 aromatic carbocycles. The molecule has 2 heterocycles. The maximum atomic E-state index is 12.6. The van der Waals surface area contributed by atoms with E-state index in [0.717, 1.165) is 30.4 Å². The number of benzene rings is 1. The second-order valence-corrected chi connectivity index (χ2v) is 9.55. The predicted molar refractivity (Wildman–Crippen MR) is 101 cm³/mol. The zero-order valence-corrected chi connectivity index (χ0v) is 16.0. The van der Waals surface area contributed by atoms with Crippen LogP contribution < -0.4 is 4.90 Å². The summed E-state index contributed by atoms with van der Waals surface area (Å²) < 4.78 is 23.4. The van der Waals surface area contributed by atoms with Crippen molar-refractivity contribution in [1.82, 2.24) is 4.90 Å². The fourth-order valence-corrected chi connectivity index (χ4v) is 4.93. The number of amides is 1. The minimum absolute atomic E-state index is 0.0769. The van der Waals surface area contributed by atoms with Gasteiger partial charge in [-0.15, -0.1) is 11.3 Å². The summed E-state index contributed by atoms with van der Waals surface area (Å²) in [6.07, 6.45) is 2.97. The first-order valence-corrected chi connectivity index (χ1v) is 11.0. The van der Waals surface area contributed by atoms with E-state index in [1.165, 1.54) is 11.8 Å². The molecule has 1 aliphatic heterocycles. The van der Waals surface area contributed by atoms with Crippen LogP contribution in [-0.4, -0.2) is 51.7 Å². The van der Waals surface area contributed by atoms with E-state index in [4.69, 9.17) is 0 Å². The SMILES string of the molecule is CN(c1ccccc1)C1CCN(C(=O)c2csc(S(C)(=O)=O)c2)CC1. The minimum atomic E-state index is -3.26.